The largest absolute Gasteiger partial charge is 0.399 e. The molecule has 2 aromatic rings. The molecule has 0 aromatic heterocycles. The average molecular weight is 270 g/mol. The van der Waals surface area contributed by atoms with Crippen LogP contribution in [0.15, 0.2) is 24.3 Å². The number of anilines is 2. The van der Waals surface area contributed by atoms with Gasteiger partial charge in [-0.25, -0.2) is 0 Å². The van der Waals surface area contributed by atoms with Gasteiger partial charge in [-0.15, -0.1) is 0 Å². The van der Waals surface area contributed by atoms with E-state index in [1.54, 1.807) is 0 Å². The third-order valence-corrected chi connectivity index (χ3v) is 3.62. The van der Waals surface area contributed by atoms with Crippen LogP contribution in [0.1, 0.15) is 33.4 Å². The van der Waals surface area contributed by atoms with Crippen molar-refractivity contribution in [2.45, 2.75) is 41.5 Å². The van der Waals surface area contributed by atoms with Crippen LogP contribution in [0, 0.1) is 41.5 Å². The zero-order chi connectivity index (χ0) is 15.4. The van der Waals surface area contributed by atoms with E-state index in [9.17, 15) is 0 Å². The molecule has 20 heavy (non-hydrogen) atoms. The van der Waals surface area contributed by atoms with Gasteiger partial charge in [-0.3, -0.25) is 0 Å². The van der Waals surface area contributed by atoms with Gasteiger partial charge in [-0.2, -0.15) is 0 Å². The van der Waals surface area contributed by atoms with Crippen molar-refractivity contribution in [3.63, 3.8) is 0 Å². The summed E-state index contributed by atoms with van der Waals surface area (Å²) in [5.74, 6) is 0. The minimum absolute atomic E-state index is 0.892. The molecule has 4 N–H and O–H groups in total. The fourth-order valence-electron chi connectivity index (χ4n) is 2.17. The SMILES string of the molecule is Cc1cc(C)c(N)c(C)c1.Cc1cc(C)c(N)cc1C. The number of hydrogen-bond donors (Lipinski definition) is 2. The summed E-state index contributed by atoms with van der Waals surface area (Å²) in [6.07, 6.45) is 0. The van der Waals surface area contributed by atoms with Crippen molar-refractivity contribution in [2.24, 2.45) is 0 Å². The van der Waals surface area contributed by atoms with Gasteiger partial charge in [0, 0.05) is 11.4 Å². The van der Waals surface area contributed by atoms with Crippen LogP contribution in [0.5, 0.6) is 0 Å². The summed E-state index contributed by atoms with van der Waals surface area (Å²) in [5, 5.41) is 0. The second kappa shape index (κ2) is 6.47. The van der Waals surface area contributed by atoms with E-state index in [4.69, 9.17) is 11.5 Å². The number of aryl methyl sites for hydroxylation is 6. The highest BCUT2D eigenvalue weighted by molar-refractivity contribution is 5.54. The summed E-state index contributed by atoms with van der Waals surface area (Å²) in [5.41, 5.74) is 20.6. The summed E-state index contributed by atoms with van der Waals surface area (Å²) >= 11 is 0. The molecule has 0 bridgehead atoms. The molecule has 0 aliphatic heterocycles. The molecule has 0 heterocycles. The Morgan fingerprint density at radius 2 is 1.00 bits per heavy atom. The van der Waals surface area contributed by atoms with Crippen LogP contribution < -0.4 is 11.5 Å². The lowest BCUT2D eigenvalue weighted by molar-refractivity contribution is 1.30. The van der Waals surface area contributed by atoms with Crippen molar-refractivity contribution in [1.29, 1.82) is 0 Å². The molecular weight excluding hydrogens is 244 g/mol. The Kier molecular flexibility index (Phi) is 5.20. The predicted molar refractivity (Wildman–Crippen MR) is 90.1 cm³/mol. The molecule has 0 atom stereocenters. The highest BCUT2D eigenvalue weighted by atomic mass is 14.6. The van der Waals surface area contributed by atoms with Gasteiger partial charge in [0.15, 0.2) is 0 Å². The van der Waals surface area contributed by atoms with Gasteiger partial charge < -0.3 is 11.5 Å². The zero-order valence-electron chi connectivity index (χ0n) is 13.5. The summed E-state index contributed by atoms with van der Waals surface area (Å²) in [6.45, 7) is 12.4. The molecule has 0 fully saturated rings. The third kappa shape index (κ3) is 4.02. The van der Waals surface area contributed by atoms with Gasteiger partial charge in [0.05, 0.1) is 0 Å². The molecule has 2 rings (SSSR count). The normalized spacial score (nSPS) is 9.90. The second-order valence-electron chi connectivity index (χ2n) is 5.61. The van der Waals surface area contributed by atoms with Gasteiger partial charge in [-0.05, 0) is 75.4 Å². The van der Waals surface area contributed by atoms with E-state index in [1.165, 1.54) is 33.4 Å². The van der Waals surface area contributed by atoms with E-state index in [1.807, 2.05) is 26.8 Å². The van der Waals surface area contributed by atoms with Crippen molar-refractivity contribution in [2.75, 3.05) is 11.5 Å². The van der Waals surface area contributed by atoms with Crippen LogP contribution in [0.3, 0.4) is 0 Å². The first kappa shape index (κ1) is 16.1. The number of rotatable bonds is 0. The van der Waals surface area contributed by atoms with Crippen LogP contribution >= 0.6 is 0 Å². The Hall–Kier alpha value is -1.96. The lowest BCUT2D eigenvalue weighted by Gasteiger charge is -2.04. The fraction of sp³-hybridized carbons (Fsp3) is 0.333. The van der Waals surface area contributed by atoms with Crippen molar-refractivity contribution in [3.05, 3.63) is 57.6 Å². The lowest BCUT2D eigenvalue weighted by Crippen LogP contribution is -1.93. The van der Waals surface area contributed by atoms with E-state index in [-0.39, 0.29) is 0 Å². The van der Waals surface area contributed by atoms with E-state index in [0.717, 1.165) is 11.4 Å². The van der Waals surface area contributed by atoms with Crippen molar-refractivity contribution in [1.82, 2.24) is 0 Å². The molecule has 0 aliphatic rings. The smallest absolute Gasteiger partial charge is 0.0373 e. The molecule has 0 unspecified atom stereocenters. The summed E-state index contributed by atoms with van der Waals surface area (Å²) in [7, 11) is 0. The average Bonchev–Trinajstić information content (AvgIpc) is 2.34. The van der Waals surface area contributed by atoms with Gasteiger partial charge in [0.2, 0.25) is 0 Å². The van der Waals surface area contributed by atoms with Crippen LogP contribution in [0.4, 0.5) is 11.4 Å². The van der Waals surface area contributed by atoms with Crippen LogP contribution in [-0.2, 0) is 0 Å². The van der Waals surface area contributed by atoms with E-state index >= 15 is 0 Å². The van der Waals surface area contributed by atoms with E-state index < -0.39 is 0 Å². The quantitative estimate of drug-likeness (QED) is 0.698. The Balaban J connectivity index is 0.000000200. The molecule has 0 saturated heterocycles. The van der Waals surface area contributed by atoms with Crippen molar-refractivity contribution < 1.29 is 0 Å². The summed E-state index contributed by atoms with van der Waals surface area (Å²) in [6, 6.07) is 8.33. The summed E-state index contributed by atoms with van der Waals surface area (Å²) in [4.78, 5) is 0. The molecule has 0 amide bonds. The van der Waals surface area contributed by atoms with E-state index in [0.29, 0.717) is 0 Å². The number of hydrogen-bond acceptors (Lipinski definition) is 2. The first-order valence-corrected chi connectivity index (χ1v) is 6.89. The van der Waals surface area contributed by atoms with Crippen molar-refractivity contribution >= 4 is 11.4 Å². The molecule has 2 nitrogen and oxygen atoms in total. The maximum Gasteiger partial charge on any atom is 0.0373 e. The van der Waals surface area contributed by atoms with Gasteiger partial charge >= 0.3 is 0 Å². The Labute approximate surface area is 122 Å². The first-order valence-electron chi connectivity index (χ1n) is 6.89. The topological polar surface area (TPSA) is 52.0 Å². The predicted octanol–water partition coefficient (Wildman–Crippen LogP) is 4.39. The van der Waals surface area contributed by atoms with Gasteiger partial charge in [0.1, 0.15) is 0 Å². The van der Waals surface area contributed by atoms with Crippen LogP contribution in [0.25, 0.3) is 0 Å². The number of benzene rings is 2. The zero-order valence-corrected chi connectivity index (χ0v) is 13.5. The third-order valence-electron chi connectivity index (χ3n) is 3.62. The van der Waals surface area contributed by atoms with Crippen LogP contribution in [0.2, 0.25) is 0 Å². The van der Waals surface area contributed by atoms with Gasteiger partial charge in [-0.1, -0.05) is 23.8 Å². The Morgan fingerprint density at radius 3 is 1.45 bits per heavy atom. The van der Waals surface area contributed by atoms with E-state index in [2.05, 4.69) is 39.0 Å². The molecular formula is C18H26N2. The minimum atomic E-state index is 0.892. The Morgan fingerprint density at radius 1 is 0.550 bits per heavy atom. The summed E-state index contributed by atoms with van der Waals surface area (Å²) < 4.78 is 0. The lowest BCUT2D eigenvalue weighted by atomic mass is 10.1. The first-order chi connectivity index (χ1) is 9.22. The monoisotopic (exact) mass is 270 g/mol. The second-order valence-corrected chi connectivity index (χ2v) is 5.61. The molecule has 0 aliphatic carbocycles. The highest BCUT2D eigenvalue weighted by Gasteiger charge is 1.97. The number of nitrogen functional groups attached to an aromatic ring is 2. The maximum atomic E-state index is 5.75. The molecule has 0 spiro atoms. The minimum Gasteiger partial charge on any atom is -0.399 e. The van der Waals surface area contributed by atoms with Crippen LogP contribution in [-0.4, -0.2) is 0 Å². The molecule has 0 radical (unpaired) electrons. The highest BCUT2D eigenvalue weighted by Crippen LogP contribution is 2.17. The maximum absolute atomic E-state index is 5.75. The molecule has 108 valence electrons. The molecule has 2 aromatic carbocycles. The van der Waals surface area contributed by atoms with Gasteiger partial charge in [0.25, 0.3) is 0 Å². The van der Waals surface area contributed by atoms with Crippen molar-refractivity contribution in [3.8, 4) is 0 Å². The Bertz CT molecular complexity index is 540. The molecule has 0 saturated carbocycles. The molecule has 2 heteroatoms. The fourth-order valence-corrected chi connectivity index (χ4v) is 2.17. The standard InChI is InChI=1S/2C9H13N/c1-6-4-8(3)9(10)5-7(6)2;1-6-4-7(2)9(10)8(3)5-6/h2*4-5H,10H2,1-3H3. The number of nitrogens with two attached hydrogens (primary N) is 2.